The molecule has 0 aromatic heterocycles. The van der Waals surface area contributed by atoms with Crippen molar-refractivity contribution in [1.82, 2.24) is 0 Å². The molecule has 19 heavy (non-hydrogen) atoms. The van der Waals surface area contributed by atoms with Gasteiger partial charge in [-0.15, -0.1) is 0 Å². The Hall–Kier alpha value is -1.19. The van der Waals surface area contributed by atoms with Crippen LogP contribution in [0.25, 0.3) is 0 Å². The summed E-state index contributed by atoms with van der Waals surface area (Å²) in [4.78, 5) is 0. The number of hydrogen-bond donors (Lipinski definition) is 1. The minimum Gasteiger partial charge on any atom is -0.384 e. The van der Waals surface area contributed by atoms with Crippen LogP contribution < -0.4 is 0 Å². The van der Waals surface area contributed by atoms with Crippen LogP contribution in [-0.4, -0.2) is 5.11 Å². The highest BCUT2D eigenvalue weighted by molar-refractivity contribution is 9.10. The molecule has 0 radical (unpaired) electrons. The van der Waals surface area contributed by atoms with Crippen LogP contribution in [0.15, 0.2) is 34.8 Å². The van der Waals surface area contributed by atoms with E-state index in [0.29, 0.717) is 5.56 Å². The number of aliphatic hydroxyl groups is 1. The fourth-order valence-corrected chi connectivity index (χ4v) is 2.45. The van der Waals surface area contributed by atoms with E-state index >= 15 is 0 Å². The molecular formula is C16H16BrFO. The number of benzene rings is 2. The van der Waals surface area contributed by atoms with E-state index in [9.17, 15) is 9.50 Å². The highest BCUT2D eigenvalue weighted by Crippen LogP contribution is 2.30. The standard InChI is InChI=1S/C16H16BrFO/c1-9-4-5-13(18)8-14(9)16(19)12-6-10(2)15(17)11(3)7-12/h4-8,16,19H,1-3H3. The molecule has 100 valence electrons. The third-order valence-electron chi connectivity index (χ3n) is 3.31. The highest BCUT2D eigenvalue weighted by Gasteiger charge is 2.15. The fraction of sp³-hybridized carbons (Fsp3) is 0.250. The van der Waals surface area contributed by atoms with Crippen LogP contribution in [0.3, 0.4) is 0 Å². The summed E-state index contributed by atoms with van der Waals surface area (Å²) in [6.07, 6.45) is -0.804. The molecule has 0 aliphatic heterocycles. The summed E-state index contributed by atoms with van der Waals surface area (Å²) in [7, 11) is 0. The molecule has 1 unspecified atom stereocenters. The van der Waals surface area contributed by atoms with Crippen LogP contribution in [0.5, 0.6) is 0 Å². The van der Waals surface area contributed by atoms with Gasteiger partial charge in [-0.2, -0.15) is 0 Å². The quantitative estimate of drug-likeness (QED) is 0.857. The Morgan fingerprint density at radius 2 is 1.58 bits per heavy atom. The Morgan fingerprint density at radius 1 is 1.00 bits per heavy atom. The van der Waals surface area contributed by atoms with Crippen LogP contribution in [-0.2, 0) is 0 Å². The Balaban J connectivity index is 2.49. The monoisotopic (exact) mass is 322 g/mol. The Kier molecular flexibility index (Phi) is 4.07. The zero-order chi connectivity index (χ0) is 14.2. The summed E-state index contributed by atoms with van der Waals surface area (Å²) in [6.45, 7) is 5.83. The summed E-state index contributed by atoms with van der Waals surface area (Å²) in [5.41, 5.74) is 4.39. The van der Waals surface area contributed by atoms with Gasteiger partial charge in [0.1, 0.15) is 11.9 Å². The molecule has 1 atom stereocenters. The molecule has 2 aromatic rings. The molecule has 0 amide bonds. The predicted molar refractivity (Wildman–Crippen MR) is 78.8 cm³/mol. The molecular weight excluding hydrogens is 307 g/mol. The van der Waals surface area contributed by atoms with E-state index in [1.807, 2.05) is 32.9 Å². The third kappa shape index (κ3) is 2.88. The lowest BCUT2D eigenvalue weighted by molar-refractivity contribution is 0.219. The van der Waals surface area contributed by atoms with Crippen LogP contribution >= 0.6 is 15.9 Å². The van der Waals surface area contributed by atoms with E-state index in [2.05, 4.69) is 15.9 Å². The SMILES string of the molecule is Cc1ccc(F)cc1C(O)c1cc(C)c(Br)c(C)c1. The summed E-state index contributed by atoms with van der Waals surface area (Å²) in [5.74, 6) is -0.329. The number of hydrogen-bond acceptors (Lipinski definition) is 1. The van der Waals surface area contributed by atoms with Gasteiger partial charge in [0, 0.05) is 4.47 Å². The van der Waals surface area contributed by atoms with Gasteiger partial charge in [0.15, 0.2) is 0 Å². The third-order valence-corrected chi connectivity index (χ3v) is 4.56. The van der Waals surface area contributed by atoms with Gasteiger partial charge >= 0.3 is 0 Å². The van der Waals surface area contributed by atoms with Crippen molar-refractivity contribution in [3.05, 3.63) is 68.4 Å². The van der Waals surface area contributed by atoms with Gasteiger partial charge in [-0.1, -0.05) is 34.1 Å². The van der Waals surface area contributed by atoms with Crippen molar-refractivity contribution in [1.29, 1.82) is 0 Å². The van der Waals surface area contributed by atoms with E-state index in [1.165, 1.54) is 12.1 Å². The highest BCUT2D eigenvalue weighted by atomic mass is 79.9. The van der Waals surface area contributed by atoms with Crippen molar-refractivity contribution < 1.29 is 9.50 Å². The zero-order valence-corrected chi connectivity index (χ0v) is 12.8. The molecule has 1 N–H and O–H groups in total. The molecule has 0 heterocycles. The van der Waals surface area contributed by atoms with E-state index in [1.54, 1.807) is 6.07 Å². The maximum Gasteiger partial charge on any atom is 0.123 e. The van der Waals surface area contributed by atoms with Gasteiger partial charge in [-0.05, 0) is 60.7 Å². The van der Waals surface area contributed by atoms with Gasteiger partial charge in [0.2, 0.25) is 0 Å². The number of halogens is 2. The van der Waals surface area contributed by atoms with Crippen molar-refractivity contribution >= 4 is 15.9 Å². The molecule has 0 saturated carbocycles. The van der Waals surface area contributed by atoms with E-state index in [4.69, 9.17) is 0 Å². The number of aryl methyl sites for hydroxylation is 3. The summed E-state index contributed by atoms with van der Waals surface area (Å²) >= 11 is 3.50. The topological polar surface area (TPSA) is 20.2 Å². The smallest absolute Gasteiger partial charge is 0.123 e. The molecule has 3 heteroatoms. The van der Waals surface area contributed by atoms with Crippen molar-refractivity contribution in [3.63, 3.8) is 0 Å². The Labute approximate surface area is 121 Å². The van der Waals surface area contributed by atoms with Gasteiger partial charge < -0.3 is 5.11 Å². The minimum atomic E-state index is -0.804. The molecule has 0 saturated heterocycles. The average molecular weight is 323 g/mol. The zero-order valence-electron chi connectivity index (χ0n) is 11.2. The first-order chi connectivity index (χ1) is 8.90. The van der Waals surface area contributed by atoms with Crippen LogP contribution in [0.4, 0.5) is 4.39 Å². The van der Waals surface area contributed by atoms with Gasteiger partial charge in [0.25, 0.3) is 0 Å². The number of aliphatic hydroxyl groups excluding tert-OH is 1. The maximum atomic E-state index is 13.3. The second-order valence-corrected chi connectivity index (χ2v) is 5.67. The molecule has 1 nitrogen and oxygen atoms in total. The van der Waals surface area contributed by atoms with Crippen LogP contribution in [0.2, 0.25) is 0 Å². The average Bonchev–Trinajstić information content (AvgIpc) is 2.37. The van der Waals surface area contributed by atoms with Gasteiger partial charge in [-0.3, -0.25) is 0 Å². The lowest BCUT2D eigenvalue weighted by Crippen LogP contribution is -2.04. The largest absolute Gasteiger partial charge is 0.384 e. The molecule has 0 bridgehead atoms. The Morgan fingerprint density at radius 3 is 2.16 bits per heavy atom. The molecule has 0 aliphatic carbocycles. The minimum absolute atomic E-state index is 0.329. The molecule has 0 fully saturated rings. The molecule has 2 aromatic carbocycles. The first kappa shape index (κ1) is 14.2. The second-order valence-electron chi connectivity index (χ2n) is 4.87. The van der Waals surface area contributed by atoms with Crippen molar-refractivity contribution in [2.24, 2.45) is 0 Å². The first-order valence-electron chi connectivity index (χ1n) is 6.11. The first-order valence-corrected chi connectivity index (χ1v) is 6.90. The lowest BCUT2D eigenvalue weighted by atomic mass is 9.95. The summed E-state index contributed by atoms with van der Waals surface area (Å²) in [5, 5.41) is 10.5. The maximum absolute atomic E-state index is 13.3. The lowest BCUT2D eigenvalue weighted by Gasteiger charge is -2.16. The van der Waals surface area contributed by atoms with Crippen molar-refractivity contribution in [2.75, 3.05) is 0 Å². The molecule has 2 rings (SSSR count). The van der Waals surface area contributed by atoms with E-state index in [-0.39, 0.29) is 5.82 Å². The predicted octanol–water partition coefficient (Wildman–Crippen LogP) is 4.60. The van der Waals surface area contributed by atoms with E-state index < -0.39 is 6.10 Å². The summed E-state index contributed by atoms with van der Waals surface area (Å²) in [6, 6.07) is 8.33. The van der Waals surface area contributed by atoms with Crippen LogP contribution in [0, 0.1) is 26.6 Å². The van der Waals surface area contributed by atoms with Crippen LogP contribution in [0.1, 0.15) is 33.9 Å². The van der Waals surface area contributed by atoms with Gasteiger partial charge in [0.05, 0.1) is 0 Å². The van der Waals surface area contributed by atoms with E-state index in [0.717, 1.165) is 26.7 Å². The molecule has 0 spiro atoms. The summed E-state index contributed by atoms with van der Waals surface area (Å²) < 4.78 is 14.4. The second kappa shape index (κ2) is 5.43. The normalized spacial score (nSPS) is 12.5. The Bertz CT molecular complexity index is 599. The van der Waals surface area contributed by atoms with Crippen molar-refractivity contribution in [2.45, 2.75) is 26.9 Å². The van der Waals surface area contributed by atoms with Crippen molar-refractivity contribution in [3.8, 4) is 0 Å². The molecule has 0 aliphatic rings. The van der Waals surface area contributed by atoms with Gasteiger partial charge in [-0.25, -0.2) is 4.39 Å². The number of rotatable bonds is 2. The fourth-order valence-electron chi connectivity index (χ4n) is 2.22.